The minimum atomic E-state index is -0.0302. The van der Waals surface area contributed by atoms with E-state index in [0.717, 1.165) is 38.2 Å². The molecule has 0 aliphatic carbocycles. The Bertz CT molecular complexity index is 443. The standard InChI is InChI=1S/C15H26N4O/c1-6-9-10-18(5)14(20)13-11-12(4)16-15(17-13)19(7-2)8-3/h11H,6-10H2,1-5H3. The summed E-state index contributed by atoms with van der Waals surface area (Å²) in [7, 11) is 1.83. The van der Waals surface area contributed by atoms with Crippen LogP contribution in [0, 0.1) is 6.92 Å². The first-order valence-corrected chi connectivity index (χ1v) is 7.39. The Morgan fingerprint density at radius 2 is 1.85 bits per heavy atom. The summed E-state index contributed by atoms with van der Waals surface area (Å²) in [4.78, 5) is 25.0. The van der Waals surface area contributed by atoms with Crippen molar-refractivity contribution in [2.45, 2.75) is 40.5 Å². The molecule has 1 aromatic rings. The Labute approximate surface area is 122 Å². The van der Waals surface area contributed by atoms with Crippen LogP contribution in [0.4, 0.5) is 5.95 Å². The van der Waals surface area contributed by atoms with Crippen molar-refractivity contribution < 1.29 is 4.79 Å². The van der Waals surface area contributed by atoms with Gasteiger partial charge in [-0.15, -0.1) is 0 Å². The van der Waals surface area contributed by atoms with Crippen molar-refractivity contribution in [2.24, 2.45) is 0 Å². The third-order valence-electron chi connectivity index (χ3n) is 3.30. The Morgan fingerprint density at radius 1 is 1.20 bits per heavy atom. The predicted molar refractivity (Wildman–Crippen MR) is 82.2 cm³/mol. The molecule has 0 aliphatic heterocycles. The Morgan fingerprint density at radius 3 is 2.40 bits per heavy atom. The minimum absolute atomic E-state index is 0.0302. The van der Waals surface area contributed by atoms with Gasteiger partial charge in [0.15, 0.2) is 0 Å². The molecule has 112 valence electrons. The molecular weight excluding hydrogens is 252 g/mol. The number of unbranched alkanes of at least 4 members (excludes halogenated alkanes) is 1. The van der Waals surface area contributed by atoms with Gasteiger partial charge in [0.1, 0.15) is 5.69 Å². The number of carbonyl (C=O) groups is 1. The van der Waals surface area contributed by atoms with Crippen LogP contribution in [0.2, 0.25) is 0 Å². The van der Waals surface area contributed by atoms with Crippen LogP contribution in [0.1, 0.15) is 49.8 Å². The number of carbonyl (C=O) groups excluding carboxylic acids is 1. The van der Waals surface area contributed by atoms with Gasteiger partial charge in [-0.3, -0.25) is 4.79 Å². The zero-order chi connectivity index (χ0) is 15.1. The van der Waals surface area contributed by atoms with Gasteiger partial charge < -0.3 is 9.80 Å². The largest absolute Gasteiger partial charge is 0.341 e. The van der Waals surface area contributed by atoms with E-state index in [2.05, 4.69) is 35.6 Å². The molecule has 0 aromatic carbocycles. The van der Waals surface area contributed by atoms with Crippen LogP contribution in [-0.2, 0) is 0 Å². The van der Waals surface area contributed by atoms with Gasteiger partial charge in [0.05, 0.1) is 0 Å². The van der Waals surface area contributed by atoms with Crippen LogP contribution >= 0.6 is 0 Å². The highest BCUT2D eigenvalue weighted by atomic mass is 16.2. The van der Waals surface area contributed by atoms with Crippen molar-refractivity contribution >= 4 is 11.9 Å². The lowest BCUT2D eigenvalue weighted by Crippen LogP contribution is -2.30. The van der Waals surface area contributed by atoms with Gasteiger partial charge >= 0.3 is 0 Å². The van der Waals surface area contributed by atoms with Gasteiger partial charge in [-0.1, -0.05) is 13.3 Å². The first-order chi connectivity index (χ1) is 9.53. The van der Waals surface area contributed by atoms with Crippen LogP contribution in [0.15, 0.2) is 6.07 Å². The van der Waals surface area contributed by atoms with Crippen molar-refractivity contribution in [2.75, 3.05) is 31.6 Å². The molecule has 0 unspecified atom stereocenters. The molecule has 0 aliphatic rings. The summed E-state index contributed by atoms with van der Waals surface area (Å²) in [5.74, 6) is 0.611. The molecule has 0 spiro atoms. The summed E-state index contributed by atoms with van der Waals surface area (Å²) in [5.41, 5.74) is 1.31. The second kappa shape index (κ2) is 7.82. The van der Waals surface area contributed by atoms with Gasteiger partial charge in [-0.2, -0.15) is 0 Å². The highest BCUT2D eigenvalue weighted by Gasteiger charge is 2.16. The lowest BCUT2D eigenvalue weighted by Gasteiger charge is -2.21. The van der Waals surface area contributed by atoms with Gasteiger partial charge in [-0.05, 0) is 33.3 Å². The maximum atomic E-state index is 12.4. The fraction of sp³-hybridized carbons (Fsp3) is 0.667. The lowest BCUT2D eigenvalue weighted by atomic mass is 10.2. The maximum Gasteiger partial charge on any atom is 0.272 e. The number of aromatic nitrogens is 2. The molecule has 0 fully saturated rings. The second-order valence-corrected chi connectivity index (χ2v) is 4.95. The molecule has 1 amide bonds. The van der Waals surface area contributed by atoms with Gasteiger partial charge in [0, 0.05) is 32.4 Å². The van der Waals surface area contributed by atoms with Gasteiger partial charge in [-0.25, -0.2) is 9.97 Å². The van der Waals surface area contributed by atoms with Gasteiger partial charge in [0.2, 0.25) is 5.95 Å². The predicted octanol–water partition coefficient (Wildman–Crippen LogP) is 2.50. The van der Waals surface area contributed by atoms with E-state index in [0.29, 0.717) is 11.6 Å². The van der Waals surface area contributed by atoms with Crippen molar-refractivity contribution in [1.29, 1.82) is 0 Å². The fourth-order valence-corrected chi connectivity index (χ4v) is 2.00. The van der Waals surface area contributed by atoms with E-state index in [1.165, 1.54) is 0 Å². The zero-order valence-corrected chi connectivity index (χ0v) is 13.3. The smallest absolute Gasteiger partial charge is 0.272 e. The summed E-state index contributed by atoms with van der Waals surface area (Å²) in [6.45, 7) is 10.6. The molecule has 5 heteroatoms. The first-order valence-electron chi connectivity index (χ1n) is 7.39. The molecule has 0 saturated carbocycles. The number of nitrogens with zero attached hydrogens (tertiary/aromatic N) is 4. The van der Waals surface area contributed by atoms with Crippen LogP contribution in [0.3, 0.4) is 0 Å². The zero-order valence-electron chi connectivity index (χ0n) is 13.3. The van der Waals surface area contributed by atoms with E-state index in [9.17, 15) is 4.79 Å². The molecular formula is C15H26N4O. The minimum Gasteiger partial charge on any atom is -0.341 e. The molecule has 1 heterocycles. The fourth-order valence-electron chi connectivity index (χ4n) is 2.00. The van der Waals surface area contributed by atoms with Crippen molar-refractivity contribution in [3.8, 4) is 0 Å². The molecule has 0 bridgehead atoms. The van der Waals surface area contributed by atoms with E-state index in [1.54, 1.807) is 11.0 Å². The molecule has 0 radical (unpaired) electrons. The van der Waals surface area contributed by atoms with E-state index < -0.39 is 0 Å². The Kier molecular flexibility index (Phi) is 6.42. The monoisotopic (exact) mass is 278 g/mol. The van der Waals surface area contributed by atoms with Gasteiger partial charge in [0.25, 0.3) is 5.91 Å². The summed E-state index contributed by atoms with van der Waals surface area (Å²) in [6, 6.07) is 1.76. The average Bonchev–Trinajstić information content (AvgIpc) is 2.44. The number of rotatable bonds is 7. The molecule has 0 saturated heterocycles. The van der Waals surface area contributed by atoms with Crippen molar-refractivity contribution in [1.82, 2.24) is 14.9 Å². The number of hydrogen-bond donors (Lipinski definition) is 0. The van der Waals surface area contributed by atoms with Crippen molar-refractivity contribution in [3.05, 3.63) is 17.5 Å². The van der Waals surface area contributed by atoms with Crippen LogP contribution in [0.5, 0.6) is 0 Å². The summed E-state index contributed by atoms with van der Waals surface area (Å²) in [5, 5.41) is 0. The van der Waals surface area contributed by atoms with Crippen LogP contribution < -0.4 is 4.90 Å². The maximum absolute atomic E-state index is 12.4. The quantitative estimate of drug-likeness (QED) is 0.769. The number of amides is 1. The highest BCUT2D eigenvalue weighted by Crippen LogP contribution is 2.11. The number of hydrogen-bond acceptors (Lipinski definition) is 4. The van der Waals surface area contributed by atoms with E-state index in [-0.39, 0.29) is 5.91 Å². The number of aryl methyl sites for hydroxylation is 1. The molecule has 20 heavy (non-hydrogen) atoms. The summed E-state index contributed by atoms with van der Waals surface area (Å²) < 4.78 is 0. The third kappa shape index (κ3) is 4.18. The average molecular weight is 278 g/mol. The summed E-state index contributed by atoms with van der Waals surface area (Å²) >= 11 is 0. The molecule has 1 aromatic heterocycles. The van der Waals surface area contributed by atoms with E-state index in [4.69, 9.17) is 0 Å². The van der Waals surface area contributed by atoms with Crippen LogP contribution in [-0.4, -0.2) is 47.5 Å². The topological polar surface area (TPSA) is 49.3 Å². The van der Waals surface area contributed by atoms with E-state index >= 15 is 0 Å². The molecule has 0 N–H and O–H groups in total. The number of anilines is 1. The highest BCUT2D eigenvalue weighted by molar-refractivity contribution is 5.92. The molecule has 5 nitrogen and oxygen atoms in total. The van der Waals surface area contributed by atoms with Crippen LogP contribution in [0.25, 0.3) is 0 Å². The Balaban J connectivity index is 2.97. The lowest BCUT2D eigenvalue weighted by molar-refractivity contribution is 0.0787. The molecule has 1 rings (SSSR count). The Hall–Kier alpha value is -1.65. The SMILES string of the molecule is CCCCN(C)C(=O)c1cc(C)nc(N(CC)CC)n1. The first kappa shape index (κ1) is 16.4. The van der Waals surface area contributed by atoms with Crippen molar-refractivity contribution in [3.63, 3.8) is 0 Å². The van der Waals surface area contributed by atoms with E-state index in [1.807, 2.05) is 14.0 Å². The normalized spacial score (nSPS) is 10.4. The summed E-state index contributed by atoms with van der Waals surface area (Å²) in [6.07, 6.45) is 2.08. The molecule has 0 atom stereocenters. The third-order valence-corrected chi connectivity index (χ3v) is 3.30. The second-order valence-electron chi connectivity index (χ2n) is 4.95.